The molecule has 2 N–H and O–H groups in total. The van der Waals surface area contributed by atoms with Crippen LogP contribution in [0.25, 0.3) is 0 Å². The topological polar surface area (TPSA) is 61.6 Å². The van der Waals surface area contributed by atoms with Crippen LogP contribution < -0.4 is 15.2 Å². The summed E-state index contributed by atoms with van der Waals surface area (Å²) in [6.45, 7) is 11.0. The lowest BCUT2D eigenvalue weighted by atomic mass is 9.77. The minimum Gasteiger partial charge on any atom is -0.493 e. The molecule has 29 heavy (non-hydrogen) atoms. The van der Waals surface area contributed by atoms with Crippen LogP contribution in [0.2, 0.25) is 0 Å². The molecule has 2 unspecified atom stereocenters. The molecule has 1 aromatic rings. The summed E-state index contributed by atoms with van der Waals surface area (Å²) in [5.74, 6) is 3.16. The van der Waals surface area contributed by atoms with Crippen LogP contribution in [0, 0.1) is 17.8 Å². The second kappa shape index (κ2) is 16.3. The number of aryl methyl sites for hydroxylation is 1. The van der Waals surface area contributed by atoms with Crippen molar-refractivity contribution < 1.29 is 14.3 Å². The lowest BCUT2D eigenvalue weighted by molar-refractivity contribution is -0.123. The number of para-hydroxylation sites is 1. The maximum atomic E-state index is 11.7. The molecule has 2 atom stereocenters. The number of hydrogen-bond donors (Lipinski definition) is 1. The van der Waals surface area contributed by atoms with E-state index in [0.29, 0.717) is 11.8 Å². The van der Waals surface area contributed by atoms with Crippen LogP contribution in [-0.2, 0) is 11.2 Å². The first kappa shape index (κ1) is 27.5. The van der Waals surface area contributed by atoms with Crippen molar-refractivity contribution in [3.8, 4) is 11.5 Å². The molecule has 0 bridgehead atoms. The van der Waals surface area contributed by atoms with Crippen molar-refractivity contribution in [2.45, 2.75) is 79.6 Å². The summed E-state index contributed by atoms with van der Waals surface area (Å²) in [5.41, 5.74) is 6.64. The molecule has 0 aliphatic rings. The molecule has 0 amide bonds. The lowest BCUT2D eigenvalue weighted by Crippen LogP contribution is -2.30. The predicted octanol–water partition coefficient (Wildman–Crippen LogP) is 6.05. The summed E-state index contributed by atoms with van der Waals surface area (Å²) < 4.78 is 10.4. The van der Waals surface area contributed by atoms with Gasteiger partial charge in [0.2, 0.25) is 0 Å². The van der Waals surface area contributed by atoms with Gasteiger partial charge in [0.1, 0.15) is 5.78 Å². The van der Waals surface area contributed by atoms with Gasteiger partial charge in [-0.2, -0.15) is 0 Å². The van der Waals surface area contributed by atoms with Crippen LogP contribution in [0.15, 0.2) is 18.2 Å². The molecule has 0 radical (unpaired) electrons. The van der Waals surface area contributed by atoms with Gasteiger partial charge in [0.05, 0.1) is 20.8 Å². The Kier molecular flexibility index (Phi) is 15.4. The Morgan fingerprint density at radius 3 is 2.00 bits per heavy atom. The fourth-order valence-electron chi connectivity index (χ4n) is 3.72. The number of unbranched alkanes of at least 4 members (excludes halogenated alkanes) is 2. The molecule has 1 aromatic carbocycles. The Bertz CT molecular complexity index is 529. The zero-order valence-corrected chi connectivity index (χ0v) is 19.9. The standard InChI is InChI=1S/C15H31NO.C10H14O2/c1-5-7-9-14(10-8-6-2)12(3)13(4)15(17)11-16;1-4-8-6-5-7-9(11-2)10(8)12-3/h12-14H,5-11,16H2,1-4H3;5-7H,4H2,1-3H3. The largest absolute Gasteiger partial charge is 0.493 e. The normalized spacial score (nSPS) is 12.7. The molecule has 0 aliphatic heterocycles. The van der Waals surface area contributed by atoms with E-state index in [0.717, 1.165) is 17.9 Å². The summed E-state index contributed by atoms with van der Waals surface area (Å²) in [5, 5.41) is 0. The van der Waals surface area contributed by atoms with E-state index >= 15 is 0 Å². The summed E-state index contributed by atoms with van der Waals surface area (Å²) >= 11 is 0. The van der Waals surface area contributed by atoms with E-state index in [9.17, 15) is 4.79 Å². The van der Waals surface area contributed by atoms with Gasteiger partial charge in [-0.05, 0) is 29.9 Å². The van der Waals surface area contributed by atoms with E-state index in [4.69, 9.17) is 15.2 Å². The highest BCUT2D eigenvalue weighted by molar-refractivity contribution is 5.82. The molecule has 1 rings (SSSR count). The van der Waals surface area contributed by atoms with E-state index in [1.165, 1.54) is 44.1 Å². The quantitative estimate of drug-likeness (QED) is 0.432. The van der Waals surface area contributed by atoms with Gasteiger partial charge >= 0.3 is 0 Å². The Morgan fingerprint density at radius 1 is 1.00 bits per heavy atom. The molecule has 0 saturated carbocycles. The maximum absolute atomic E-state index is 11.7. The SMILES string of the molecule is CCCCC(CCCC)C(C)C(C)C(=O)CN.CCc1cccc(OC)c1OC. The monoisotopic (exact) mass is 407 g/mol. The first-order valence-corrected chi connectivity index (χ1v) is 11.3. The number of nitrogens with two attached hydrogens (primary N) is 1. The van der Waals surface area contributed by atoms with E-state index in [1.54, 1.807) is 14.2 Å². The molecule has 0 fully saturated rings. The minimum absolute atomic E-state index is 0.124. The number of carbonyl (C=O) groups excluding carboxylic acids is 1. The van der Waals surface area contributed by atoms with Crippen molar-refractivity contribution in [1.82, 2.24) is 0 Å². The molecule has 168 valence electrons. The number of carbonyl (C=O) groups is 1. The van der Waals surface area contributed by atoms with Crippen LogP contribution >= 0.6 is 0 Å². The van der Waals surface area contributed by atoms with Gasteiger partial charge in [-0.15, -0.1) is 0 Å². The fourth-order valence-corrected chi connectivity index (χ4v) is 3.72. The highest BCUT2D eigenvalue weighted by Gasteiger charge is 2.25. The van der Waals surface area contributed by atoms with Gasteiger partial charge < -0.3 is 15.2 Å². The van der Waals surface area contributed by atoms with Crippen molar-refractivity contribution in [3.63, 3.8) is 0 Å². The number of ketones is 1. The fraction of sp³-hybridized carbons (Fsp3) is 0.720. The number of benzene rings is 1. The van der Waals surface area contributed by atoms with Crippen LogP contribution in [-0.4, -0.2) is 26.5 Å². The van der Waals surface area contributed by atoms with Crippen molar-refractivity contribution in [2.24, 2.45) is 23.5 Å². The van der Waals surface area contributed by atoms with Crippen LogP contribution in [0.3, 0.4) is 0 Å². The third-order valence-electron chi connectivity index (χ3n) is 5.96. The molecule has 4 nitrogen and oxygen atoms in total. The molecule has 0 spiro atoms. The summed E-state index contributed by atoms with van der Waals surface area (Å²) in [6.07, 6.45) is 8.54. The average molecular weight is 408 g/mol. The van der Waals surface area contributed by atoms with E-state index in [1.807, 2.05) is 25.1 Å². The van der Waals surface area contributed by atoms with Gasteiger partial charge in [-0.3, -0.25) is 4.79 Å². The van der Waals surface area contributed by atoms with E-state index < -0.39 is 0 Å². The molecule has 0 saturated heterocycles. The zero-order chi connectivity index (χ0) is 22.2. The number of hydrogen-bond acceptors (Lipinski definition) is 4. The second-order valence-corrected chi connectivity index (χ2v) is 7.87. The van der Waals surface area contributed by atoms with Crippen molar-refractivity contribution >= 4 is 5.78 Å². The molecular weight excluding hydrogens is 362 g/mol. The Balaban J connectivity index is 0.000000571. The van der Waals surface area contributed by atoms with Gasteiger partial charge in [-0.1, -0.05) is 85.3 Å². The van der Waals surface area contributed by atoms with Crippen LogP contribution in [0.5, 0.6) is 11.5 Å². The lowest BCUT2D eigenvalue weighted by Gasteiger charge is -2.28. The number of Topliss-reactive ketones (excluding diaryl/α,β-unsaturated/α-hetero) is 1. The molecule has 0 aliphatic carbocycles. The highest BCUT2D eigenvalue weighted by atomic mass is 16.5. The van der Waals surface area contributed by atoms with Crippen molar-refractivity contribution in [2.75, 3.05) is 20.8 Å². The van der Waals surface area contributed by atoms with Gasteiger partial charge in [-0.25, -0.2) is 0 Å². The summed E-state index contributed by atoms with van der Waals surface area (Å²) in [4.78, 5) is 11.7. The molecule has 4 heteroatoms. The van der Waals surface area contributed by atoms with Crippen molar-refractivity contribution in [3.05, 3.63) is 23.8 Å². The Morgan fingerprint density at radius 2 is 1.59 bits per heavy atom. The Labute approximate surface area is 179 Å². The smallest absolute Gasteiger partial charge is 0.163 e. The first-order valence-electron chi connectivity index (χ1n) is 11.3. The Hall–Kier alpha value is -1.55. The summed E-state index contributed by atoms with van der Waals surface area (Å²) in [7, 11) is 3.31. The zero-order valence-electron chi connectivity index (χ0n) is 19.9. The number of rotatable bonds is 13. The third kappa shape index (κ3) is 9.66. The minimum atomic E-state index is 0.124. The van der Waals surface area contributed by atoms with Crippen molar-refractivity contribution in [1.29, 1.82) is 0 Å². The van der Waals surface area contributed by atoms with E-state index in [-0.39, 0.29) is 18.2 Å². The summed E-state index contributed by atoms with van der Waals surface area (Å²) in [6, 6.07) is 5.92. The van der Waals surface area contributed by atoms with Crippen LogP contribution in [0.4, 0.5) is 0 Å². The molecular formula is C25H45NO3. The third-order valence-corrected chi connectivity index (χ3v) is 5.96. The van der Waals surface area contributed by atoms with Crippen LogP contribution in [0.1, 0.15) is 78.7 Å². The molecule has 0 heterocycles. The maximum Gasteiger partial charge on any atom is 0.163 e. The second-order valence-electron chi connectivity index (χ2n) is 7.87. The highest BCUT2D eigenvalue weighted by Crippen LogP contribution is 2.31. The predicted molar refractivity (Wildman–Crippen MR) is 124 cm³/mol. The average Bonchev–Trinajstić information content (AvgIpc) is 2.77. The van der Waals surface area contributed by atoms with Gasteiger partial charge in [0, 0.05) is 5.92 Å². The van der Waals surface area contributed by atoms with E-state index in [2.05, 4.69) is 27.7 Å². The number of ether oxygens (including phenoxy) is 2. The van der Waals surface area contributed by atoms with Gasteiger partial charge in [0.15, 0.2) is 11.5 Å². The number of methoxy groups -OCH3 is 2. The first-order chi connectivity index (χ1) is 13.9. The molecule has 0 aromatic heterocycles. The van der Waals surface area contributed by atoms with Gasteiger partial charge in [0.25, 0.3) is 0 Å².